The molecule has 1 aromatic carbocycles. The van der Waals surface area contributed by atoms with Crippen LogP contribution in [-0.4, -0.2) is 6.54 Å². The molecule has 0 aliphatic heterocycles. The first-order chi connectivity index (χ1) is 6.92. The van der Waals surface area contributed by atoms with Gasteiger partial charge in [0.2, 0.25) is 0 Å². The van der Waals surface area contributed by atoms with Crippen LogP contribution >= 0.6 is 0 Å². The third-order valence-electron chi connectivity index (χ3n) is 3.14. The van der Waals surface area contributed by atoms with E-state index >= 15 is 0 Å². The maximum atomic E-state index is 5.58. The van der Waals surface area contributed by atoms with Gasteiger partial charge in [-0.05, 0) is 49.6 Å². The van der Waals surface area contributed by atoms with E-state index in [0.29, 0.717) is 0 Å². The summed E-state index contributed by atoms with van der Waals surface area (Å²) in [5.74, 6) is 1.73. The van der Waals surface area contributed by atoms with Gasteiger partial charge < -0.3 is 5.73 Å². The SMILES string of the molecule is NCCCC(c1ccccc1)C1CC1. The minimum Gasteiger partial charge on any atom is -0.330 e. The Morgan fingerprint density at radius 1 is 1.21 bits per heavy atom. The maximum Gasteiger partial charge on any atom is -0.00771 e. The number of benzene rings is 1. The van der Waals surface area contributed by atoms with E-state index in [1.54, 1.807) is 0 Å². The second-order valence-electron chi connectivity index (χ2n) is 4.29. The molecule has 0 amide bonds. The normalized spacial score (nSPS) is 18.1. The van der Waals surface area contributed by atoms with Gasteiger partial charge in [-0.1, -0.05) is 30.3 Å². The Kier molecular flexibility index (Phi) is 3.20. The quantitative estimate of drug-likeness (QED) is 0.757. The molecule has 14 heavy (non-hydrogen) atoms. The van der Waals surface area contributed by atoms with E-state index in [2.05, 4.69) is 30.3 Å². The van der Waals surface area contributed by atoms with Crippen LogP contribution in [0.15, 0.2) is 30.3 Å². The maximum absolute atomic E-state index is 5.58. The summed E-state index contributed by atoms with van der Waals surface area (Å²) in [4.78, 5) is 0. The lowest BCUT2D eigenvalue weighted by atomic mass is 9.90. The number of hydrogen-bond donors (Lipinski definition) is 1. The molecule has 1 aromatic rings. The van der Waals surface area contributed by atoms with E-state index in [0.717, 1.165) is 24.8 Å². The monoisotopic (exact) mass is 189 g/mol. The molecule has 0 heterocycles. The van der Waals surface area contributed by atoms with Crippen molar-refractivity contribution in [2.45, 2.75) is 31.6 Å². The predicted octanol–water partition coefficient (Wildman–Crippen LogP) is 2.92. The zero-order valence-electron chi connectivity index (χ0n) is 8.65. The first-order valence-corrected chi connectivity index (χ1v) is 5.67. The second kappa shape index (κ2) is 4.61. The van der Waals surface area contributed by atoms with Crippen molar-refractivity contribution in [2.24, 2.45) is 11.7 Å². The molecule has 0 bridgehead atoms. The van der Waals surface area contributed by atoms with Crippen LogP contribution in [0, 0.1) is 5.92 Å². The number of nitrogens with two attached hydrogens (primary N) is 1. The summed E-state index contributed by atoms with van der Waals surface area (Å²) in [6.45, 7) is 0.829. The molecule has 2 rings (SSSR count). The highest BCUT2D eigenvalue weighted by molar-refractivity contribution is 5.21. The summed E-state index contributed by atoms with van der Waals surface area (Å²) < 4.78 is 0. The first-order valence-electron chi connectivity index (χ1n) is 5.67. The molecule has 0 radical (unpaired) electrons. The van der Waals surface area contributed by atoms with Gasteiger partial charge in [0.05, 0.1) is 0 Å². The highest BCUT2D eigenvalue weighted by Gasteiger charge is 2.31. The first kappa shape index (κ1) is 9.72. The topological polar surface area (TPSA) is 26.0 Å². The molecule has 1 aliphatic carbocycles. The molecule has 1 fully saturated rings. The summed E-state index contributed by atoms with van der Waals surface area (Å²) in [7, 11) is 0. The second-order valence-corrected chi connectivity index (χ2v) is 4.29. The molecule has 1 saturated carbocycles. The van der Waals surface area contributed by atoms with Gasteiger partial charge in [0.25, 0.3) is 0 Å². The van der Waals surface area contributed by atoms with Crippen LogP contribution < -0.4 is 5.73 Å². The standard InChI is InChI=1S/C13H19N/c14-10-4-7-13(12-8-9-12)11-5-2-1-3-6-11/h1-3,5-6,12-13H,4,7-10,14H2. The average Bonchev–Trinajstić information content (AvgIpc) is 3.04. The zero-order valence-corrected chi connectivity index (χ0v) is 8.65. The van der Waals surface area contributed by atoms with Crippen LogP contribution in [0.5, 0.6) is 0 Å². The molecule has 1 aliphatic rings. The largest absolute Gasteiger partial charge is 0.330 e. The number of hydrogen-bond acceptors (Lipinski definition) is 1. The van der Waals surface area contributed by atoms with Crippen molar-refractivity contribution in [3.05, 3.63) is 35.9 Å². The van der Waals surface area contributed by atoms with Crippen molar-refractivity contribution in [2.75, 3.05) is 6.54 Å². The van der Waals surface area contributed by atoms with Crippen molar-refractivity contribution in [3.63, 3.8) is 0 Å². The van der Waals surface area contributed by atoms with Crippen LogP contribution in [0.1, 0.15) is 37.2 Å². The van der Waals surface area contributed by atoms with E-state index in [9.17, 15) is 0 Å². The van der Waals surface area contributed by atoms with Crippen molar-refractivity contribution in [1.82, 2.24) is 0 Å². The van der Waals surface area contributed by atoms with Gasteiger partial charge in [-0.25, -0.2) is 0 Å². The van der Waals surface area contributed by atoms with Gasteiger partial charge in [0.15, 0.2) is 0 Å². The van der Waals surface area contributed by atoms with E-state index in [-0.39, 0.29) is 0 Å². The fourth-order valence-electron chi connectivity index (χ4n) is 2.21. The molecule has 1 nitrogen and oxygen atoms in total. The fraction of sp³-hybridized carbons (Fsp3) is 0.538. The minimum absolute atomic E-state index is 0.778. The van der Waals surface area contributed by atoms with Crippen molar-refractivity contribution >= 4 is 0 Å². The summed E-state index contributed by atoms with van der Waals surface area (Å²) in [6, 6.07) is 10.9. The van der Waals surface area contributed by atoms with E-state index in [1.807, 2.05) is 0 Å². The van der Waals surface area contributed by atoms with Gasteiger partial charge in [0.1, 0.15) is 0 Å². The van der Waals surface area contributed by atoms with Crippen molar-refractivity contribution in [1.29, 1.82) is 0 Å². The third kappa shape index (κ3) is 2.36. The molecule has 0 spiro atoms. The summed E-state index contributed by atoms with van der Waals surface area (Å²) in [5, 5.41) is 0. The van der Waals surface area contributed by atoms with Gasteiger partial charge in [-0.2, -0.15) is 0 Å². The fourth-order valence-corrected chi connectivity index (χ4v) is 2.21. The van der Waals surface area contributed by atoms with E-state index < -0.39 is 0 Å². The molecular formula is C13H19N. The van der Waals surface area contributed by atoms with E-state index in [1.165, 1.54) is 24.8 Å². The molecule has 2 N–H and O–H groups in total. The Labute approximate surface area is 86.3 Å². The molecule has 1 unspecified atom stereocenters. The smallest absolute Gasteiger partial charge is 0.00771 e. The predicted molar refractivity (Wildman–Crippen MR) is 60.2 cm³/mol. The number of rotatable bonds is 5. The highest BCUT2D eigenvalue weighted by atomic mass is 14.5. The Balaban J connectivity index is 2.02. The van der Waals surface area contributed by atoms with Gasteiger partial charge in [-0.15, -0.1) is 0 Å². The van der Waals surface area contributed by atoms with Crippen molar-refractivity contribution in [3.8, 4) is 0 Å². The Morgan fingerprint density at radius 3 is 2.50 bits per heavy atom. The lowest BCUT2D eigenvalue weighted by Crippen LogP contribution is -2.06. The van der Waals surface area contributed by atoms with E-state index in [4.69, 9.17) is 5.73 Å². The molecule has 76 valence electrons. The van der Waals surface area contributed by atoms with Gasteiger partial charge in [-0.3, -0.25) is 0 Å². The lowest BCUT2D eigenvalue weighted by molar-refractivity contribution is 0.539. The minimum atomic E-state index is 0.778. The summed E-state index contributed by atoms with van der Waals surface area (Å²) in [6.07, 6.45) is 5.27. The average molecular weight is 189 g/mol. The highest BCUT2D eigenvalue weighted by Crippen LogP contribution is 2.44. The van der Waals surface area contributed by atoms with Crippen LogP contribution in [0.3, 0.4) is 0 Å². The van der Waals surface area contributed by atoms with Crippen LogP contribution in [0.4, 0.5) is 0 Å². The molecule has 1 atom stereocenters. The third-order valence-corrected chi connectivity index (χ3v) is 3.14. The summed E-state index contributed by atoms with van der Waals surface area (Å²) >= 11 is 0. The zero-order chi connectivity index (χ0) is 9.80. The molecule has 0 saturated heterocycles. The van der Waals surface area contributed by atoms with Crippen LogP contribution in [-0.2, 0) is 0 Å². The van der Waals surface area contributed by atoms with Gasteiger partial charge >= 0.3 is 0 Å². The van der Waals surface area contributed by atoms with Gasteiger partial charge in [0, 0.05) is 0 Å². The summed E-state index contributed by atoms with van der Waals surface area (Å²) in [5.41, 5.74) is 7.09. The van der Waals surface area contributed by atoms with Crippen LogP contribution in [0.25, 0.3) is 0 Å². The van der Waals surface area contributed by atoms with Crippen LogP contribution in [0.2, 0.25) is 0 Å². The lowest BCUT2D eigenvalue weighted by Gasteiger charge is -2.15. The van der Waals surface area contributed by atoms with Crippen molar-refractivity contribution < 1.29 is 0 Å². The molecular weight excluding hydrogens is 170 g/mol. The Morgan fingerprint density at radius 2 is 1.93 bits per heavy atom. The Bertz CT molecular complexity index is 264. The molecule has 0 aromatic heterocycles. The Hall–Kier alpha value is -0.820. The molecule has 1 heteroatoms.